The number of carbonyl (C=O) groups excluding carboxylic acids is 9. The van der Waals surface area contributed by atoms with Gasteiger partial charge in [0.25, 0.3) is 0 Å². The molecule has 692 valence electrons. The fraction of sp³-hybridized carbons (Fsp3) is 0.512. The molecule has 12 rings (SSSR count). The first kappa shape index (κ1) is 99.0. The van der Waals surface area contributed by atoms with Gasteiger partial charge in [0.15, 0.2) is 29.9 Å². The number of carbonyl (C=O) groups is 10. The number of unbranched alkanes of at least 4 members (excludes halogenated alkanes) is 6. The summed E-state index contributed by atoms with van der Waals surface area (Å²) in [5, 5.41) is 110. The highest BCUT2D eigenvalue weighted by Crippen LogP contribution is 2.50. The number of hydrogen-bond acceptors (Lipinski definition) is 28. The molecular weight excluding hydrogens is 1720 g/mol. The van der Waals surface area contributed by atoms with Gasteiger partial charge in [-0.1, -0.05) is 113 Å². The van der Waals surface area contributed by atoms with Crippen LogP contribution in [0.2, 0.25) is 10.0 Å². The van der Waals surface area contributed by atoms with Crippen molar-refractivity contribution in [3.8, 4) is 40.2 Å². The SMILES string of the molecule is CCCCCCc1ccc(S(=O)(=O)NCCCCCCNC(=O)Oc2cc(O)c3c(c2)C(C(=O)O)NC(=O)CC(O)c2ccc(c(Cl)c2)Oc2cc4cc(c2OC2OC(CO)C(O)C(O)C2OC2CC(C)(N)C(O)C(C)O2)Oc2ccc(cc2Cl)C(O)C(NC(=O)C(CC(C)C)NC)C(=O)NC(CC(N)=O)C(=O)NC4C(=O)NC(C(N)=O)C2=CCC(=O)C3C2C)cc1. The van der Waals surface area contributed by atoms with E-state index in [-0.39, 0.29) is 59.2 Å². The number of Topliss-reactive ketones (excluding diaryl/α,β-unsaturated/α-hetero) is 1. The first-order valence-electron chi connectivity index (χ1n) is 41.8. The third kappa shape index (κ3) is 24.8. The second kappa shape index (κ2) is 43.7. The standard InChI is InChI=1S/C86H111Cl2N11O27S/c1-8-9-10-13-16-43-17-21-48(22-18-43)127(118,119)94-28-15-12-11-14-27-93-85(117)121-47-34-50-67(57(103)35-47)66-41(4)49(23-24-55(66)101)69(78(90)110)98-81(113)68-46-32-60(122-58-25-19-44(30-51(58)87)56(102)37-64(105)96-70(50)83(115)116)75(126-84-76(74(108)73(107)62(39-100)124-84)125-65-38-86(6,91)77(109)42(5)120-65)61(33-46)123-59-26-20-45(31-52(59)88)72(106)71(99-79(111)53(92-7)29-40(2)3)82(114)95-54(36-63(89)104)80(112)97-68/h17-23,25-26,30-35,40-42,53-54,56,62,65-66,68-74,76-77,84,92,94,100,102-103,106-109H,8-16,24,27-29,36-39,91H2,1-7H3,(H2,89,104)(H2,90,110)(H,93,117)(H,95,114)(H,96,105)(H,97,112)(H,98,113)(H,99,111)(H,115,116). The van der Waals surface area contributed by atoms with Crippen LogP contribution in [-0.2, 0) is 73.8 Å². The number of aromatic hydroxyl groups is 1. The van der Waals surface area contributed by atoms with Gasteiger partial charge in [0, 0.05) is 43.1 Å². The van der Waals surface area contributed by atoms with Crippen LogP contribution in [0.4, 0.5) is 4.79 Å². The number of aryl methyl sites for hydroxylation is 1. The number of phenols is 1. The molecule has 19 unspecified atom stereocenters. The molecule has 0 aromatic heterocycles. The number of ketones is 1. The van der Waals surface area contributed by atoms with Gasteiger partial charge in [-0.15, -0.1) is 0 Å². The van der Waals surface area contributed by atoms with Crippen LogP contribution in [0.5, 0.6) is 40.2 Å². The van der Waals surface area contributed by atoms with Gasteiger partial charge in [0.2, 0.25) is 63.4 Å². The predicted molar refractivity (Wildman–Crippen MR) is 455 cm³/mol. The average Bonchev–Trinajstić information content (AvgIpc) is 0.758. The Bertz CT molecular complexity index is 5010. The number of ether oxygens (including phenoxy) is 7. The van der Waals surface area contributed by atoms with Gasteiger partial charge in [-0.25, -0.2) is 22.7 Å². The number of fused-ring (bicyclic) bond motifs is 16. The van der Waals surface area contributed by atoms with Gasteiger partial charge in [-0.05, 0) is 153 Å². The third-order valence-electron chi connectivity index (χ3n) is 22.7. The van der Waals surface area contributed by atoms with Gasteiger partial charge < -0.3 is 128 Å². The van der Waals surface area contributed by atoms with E-state index in [1.54, 1.807) is 24.3 Å². The number of halogens is 2. The van der Waals surface area contributed by atoms with Crippen molar-refractivity contribution in [1.82, 2.24) is 41.9 Å². The first-order valence-corrected chi connectivity index (χ1v) is 44.0. The molecule has 2 saturated heterocycles. The van der Waals surface area contributed by atoms with E-state index in [9.17, 15) is 87.6 Å². The fourth-order valence-corrected chi connectivity index (χ4v) is 17.4. The van der Waals surface area contributed by atoms with Crippen molar-refractivity contribution in [1.29, 1.82) is 0 Å². The quantitative estimate of drug-likeness (QED) is 0.0237. The normalized spacial score (nSPS) is 26.9. The summed E-state index contributed by atoms with van der Waals surface area (Å²) in [6.45, 7) is 9.18. The lowest BCUT2D eigenvalue weighted by molar-refractivity contribution is -0.333. The Morgan fingerprint density at radius 2 is 1.39 bits per heavy atom. The monoisotopic (exact) mass is 1830 g/mol. The molecule has 127 heavy (non-hydrogen) atoms. The maximum atomic E-state index is 16.2. The van der Waals surface area contributed by atoms with Gasteiger partial charge in [0.05, 0.1) is 64.7 Å². The number of carboxylic acids is 1. The highest BCUT2D eigenvalue weighted by molar-refractivity contribution is 7.89. The predicted octanol–water partition coefficient (Wildman–Crippen LogP) is 4.10. The Kier molecular flexibility index (Phi) is 34.1. The molecule has 5 aromatic rings. The summed E-state index contributed by atoms with van der Waals surface area (Å²) in [4.78, 5) is 145. The average molecular weight is 1830 g/mol. The van der Waals surface area contributed by atoms with E-state index in [0.717, 1.165) is 80.1 Å². The number of benzene rings is 5. The molecule has 19 atom stereocenters. The molecule has 2 fully saturated rings. The smallest absolute Gasteiger partial charge is 0.412 e. The zero-order chi connectivity index (χ0) is 92.8. The maximum Gasteiger partial charge on any atom is 0.412 e. The number of rotatable bonds is 29. The molecule has 0 saturated carbocycles. The zero-order valence-electron chi connectivity index (χ0n) is 70.9. The number of hydrogen-bond donors (Lipinski definition) is 19. The molecule has 6 aliphatic heterocycles. The first-order chi connectivity index (χ1) is 60.1. The summed E-state index contributed by atoms with van der Waals surface area (Å²) < 4.78 is 73.0. The Morgan fingerprint density at radius 1 is 0.740 bits per heavy atom. The molecule has 0 spiro atoms. The second-order valence-corrected chi connectivity index (χ2v) is 35.5. The van der Waals surface area contributed by atoms with Crippen molar-refractivity contribution in [2.24, 2.45) is 29.0 Å². The minimum Gasteiger partial charge on any atom is -0.507 e. The molecule has 7 aliphatic rings. The van der Waals surface area contributed by atoms with Crippen molar-refractivity contribution in [3.05, 3.63) is 140 Å². The number of sulfonamides is 1. The largest absolute Gasteiger partial charge is 0.507 e. The van der Waals surface area contributed by atoms with Crippen LogP contribution in [0.25, 0.3) is 0 Å². The van der Waals surface area contributed by atoms with Crippen molar-refractivity contribution < 1.29 is 130 Å². The molecule has 6 heterocycles. The Morgan fingerprint density at radius 3 is 1.99 bits per heavy atom. The molecule has 0 radical (unpaired) electrons. The van der Waals surface area contributed by atoms with Gasteiger partial charge in [-0.3, -0.25) is 38.4 Å². The number of aliphatic hydroxyl groups is 6. The van der Waals surface area contributed by atoms with Crippen LogP contribution in [0.1, 0.15) is 189 Å². The Labute approximate surface area is 742 Å². The van der Waals surface area contributed by atoms with E-state index in [4.69, 9.17) is 73.6 Å². The molecule has 1 aliphatic carbocycles. The van der Waals surface area contributed by atoms with E-state index in [1.165, 1.54) is 52.1 Å². The van der Waals surface area contributed by atoms with Gasteiger partial charge >= 0.3 is 12.1 Å². The number of aliphatic carboxylic acids is 1. The summed E-state index contributed by atoms with van der Waals surface area (Å²) >= 11 is 14.2. The summed E-state index contributed by atoms with van der Waals surface area (Å²) in [5.41, 5.74) is 16.0. The van der Waals surface area contributed by atoms with Crippen LogP contribution in [0.15, 0.2) is 101 Å². The van der Waals surface area contributed by atoms with Gasteiger partial charge in [0.1, 0.15) is 77.4 Å². The number of carboxylic acid groups (broad SMARTS) is 1. The van der Waals surface area contributed by atoms with E-state index in [1.807, 2.05) is 13.8 Å². The Balaban J connectivity index is 1.07. The fourth-order valence-electron chi connectivity index (χ4n) is 15.9. The molecule has 22 N–H and O–H groups in total. The topological polar surface area (TPSA) is 606 Å². The summed E-state index contributed by atoms with van der Waals surface area (Å²) in [6.07, 6.45) is -13.1. The van der Waals surface area contributed by atoms with Gasteiger partial charge in [-0.2, -0.15) is 0 Å². The minimum atomic E-state index is -3.80. The lowest BCUT2D eigenvalue weighted by Gasteiger charge is -2.47. The molecule has 8 amide bonds. The zero-order valence-corrected chi connectivity index (χ0v) is 73.2. The van der Waals surface area contributed by atoms with Crippen molar-refractivity contribution in [2.45, 2.75) is 245 Å². The van der Waals surface area contributed by atoms with Crippen LogP contribution >= 0.6 is 23.2 Å². The number of amides is 8. The van der Waals surface area contributed by atoms with Crippen LogP contribution in [0.3, 0.4) is 0 Å². The van der Waals surface area contributed by atoms with E-state index < -0.39 is 271 Å². The number of likely N-dealkylation sites (N-methyl/N-ethyl adjacent to an activating group) is 1. The number of phenolic OH excluding ortho intramolecular Hbond substituents is 1. The highest BCUT2D eigenvalue weighted by atomic mass is 35.5. The minimum absolute atomic E-state index is 0.00124. The molecular formula is C86H111Cl2N11O27S. The summed E-state index contributed by atoms with van der Waals surface area (Å²) in [5.74, 6) is -19.1. The number of aliphatic hydroxyl groups excluding tert-OH is 6. The molecule has 9 bridgehead atoms. The number of nitrogens with two attached hydrogens (primary N) is 3. The Hall–Kier alpha value is -10.2. The third-order valence-corrected chi connectivity index (χ3v) is 24.8. The number of nitrogens with one attached hydrogen (secondary N) is 8. The number of primary amides is 2. The van der Waals surface area contributed by atoms with Crippen molar-refractivity contribution in [3.63, 3.8) is 0 Å². The summed E-state index contributed by atoms with van der Waals surface area (Å²) in [6, 6.07) is 5.47. The lowest BCUT2D eigenvalue weighted by Crippen LogP contribution is -2.64. The molecule has 38 nitrogen and oxygen atoms in total. The maximum absolute atomic E-state index is 16.2. The molecule has 41 heteroatoms. The highest BCUT2D eigenvalue weighted by Gasteiger charge is 2.52. The van der Waals surface area contributed by atoms with Crippen molar-refractivity contribution in [2.75, 3.05) is 26.7 Å². The number of allylic oxidation sites excluding steroid dienone is 1. The second-order valence-electron chi connectivity index (χ2n) is 32.9. The molecule has 5 aromatic carbocycles. The van der Waals surface area contributed by atoms with Crippen LogP contribution in [0, 0.1) is 11.8 Å². The van der Waals surface area contributed by atoms with E-state index >= 15 is 9.59 Å². The lowest BCUT2D eigenvalue weighted by atomic mass is 9.70. The van der Waals surface area contributed by atoms with E-state index in [0.29, 0.717) is 25.7 Å². The summed E-state index contributed by atoms with van der Waals surface area (Å²) in [7, 11) is -2.33. The van der Waals surface area contributed by atoms with Crippen molar-refractivity contribution >= 4 is 92.4 Å². The van der Waals surface area contributed by atoms with Crippen LogP contribution in [-0.4, -0.2) is 214 Å². The van der Waals surface area contributed by atoms with E-state index in [2.05, 4.69) is 48.9 Å². The van der Waals surface area contributed by atoms with Crippen LogP contribution < -0.4 is 78.1 Å².